The second-order valence-electron chi connectivity index (χ2n) is 7.26. The molecule has 0 spiro atoms. The number of hydrogen-bond acceptors (Lipinski definition) is 6. The lowest BCUT2D eigenvalue weighted by molar-refractivity contribution is 0.768. The Kier molecular flexibility index (Phi) is 4.84. The van der Waals surface area contributed by atoms with E-state index in [9.17, 15) is 4.79 Å². The minimum absolute atomic E-state index is 0.210. The highest BCUT2D eigenvalue weighted by Gasteiger charge is 2.16. The van der Waals surface area contributed by atoms with Gasteiger partial charge in [-0.3, -0.25) is 14.0 Å². The van der Waals surface area contributed by atoms with E-state index < -0.39 is 0 Å². The van der Waals surface area contributed by atoms with Gasteiger partial charge in [0.2, 0.25) is 5.95 Å². The van der Waals surface area contributed by atoms with Crippen molar-refractivity contribution in [2.75, 3.05) is 11.1 Å². The molecule has 0 saturated heterocycles. The van der Waals surface area contributed by atoms with Gasteiger partial charge in [0, 0.05) is 36.1 Å². The SMILES string of the molecule is Cn1cc(Nc2ncc3cc(-c4ccccc4)c(=O)n(-c4cccc(N)c4)c3n2)c(Cl)n1. The Labute approximate surface area is 187 Å². The Morgan fingerprint density at radius 1 is 1.06 bits per heavy atom. The Balaban J connectivity index is 1.75. The van der Waals surface area contributed by atoms with Crippen LogP contribution in [0.1, 0.15) is 0 Å². The summed E-state index contributed by atoms with van der Waals surface area (Å²) >= 11 is 6.15. The molecule has 0 unspecified atom stereocenters. The lowest BCUT2D eigenvalue weighted by atomic mass is 10.1. The second kappa shape index (κ2) is 7.82. The van der Waals surface area contributed by atoms with Gasteiger partial charge >= 0.3 is 0 Å². The molecule has 0 saturated carbocycles. The molecule has 0 bridgehead atoms. The zero-order chi connectivity index (χ0) is 22.2. The molecule has 32 heavy (non-hydrogen) atoms. The Bertz CT molecular complexity index is 1510. The molecule has 158 valence electrons. The van der Waals surface area contributed by atoms with E-state index in [1.807, 2.05) is 36.4 Å². The lowest BCUT2D eigenvalue weighted by Crippen LogP contribution is -2.22. The average molecular weight is 444 g/mol. The molecule has 3 aromatic heterocycles. The number of rotatable bonds is 4. The van der Waals surface area contributed by atoms with E-state index in [-0.39, 0.29) is 11.5 Å². The van der Waals surface area contributed by atoms with Gasteiger partial charge in [-0.05, 0) is 29.8 Å². The molecule has 0 aliphatic rings. The molecule has 2 aromatic carbocycles. The van der Waals surface area contributed by atoms with Crippen molar-refractivity contribution in [3.63, 3.8) is 0 Å². The fourth-order valence-electron chi connectivity index (χ4n) is 3.55. The van der Waals surface area contributed by atoms with Crippen LogP contribution in [0.15, 0.2) is 77.9 Å². The van der Waals surface area contributed by atoms with E-state index in [0.717, 1.165) is 5.56 Å². The van der Waals surface area contributed by atoms with Crippen LogP contribution >= 0.6 is 11.6 Å². The van der Waals surface area contributed by atoms with Crippen molar-refractivity contribution in [1.82, 2.24) is 24.3 Å². The first kappa shape index (κ1) is 19.8. The molecule has 3 heterocycles. The van der Waals surface area contributed by atoms with Crippen LogP contribution < -0.4 is 16.6 Å². The summed E-state index contributed by atoms with van der Waals surface area (Å²) in [6, 6.07) is 18.4. The summed E-state index contributed by atoms with van der Waals surface area (Å²) in [6.45, 7) is 0. The maximum Gasteiger partial charge on any atom is 0.264 e. The van der Waals surface area contributed by atoms with Gasteiger partial charge in [0.25, 0.3) is 5.56 Å². The largest absolute Gasteiger partial charge is 0.399 e. The molecule has 0 aliphatic heterocycles. The summed E-state index contributed by atoms with van der Waals surface area (Å²) < 4.78 is 3.13. The number of nitrogens with zero attached hydrogens (tertiary/aromatic N) is 5. The number of nitrogen functional groups attached to an aromatic ring is 1. The number of nitrogens with two attached hydrogens (primary N) is 1. The summed E-state index contributed by atoms with van der Waals surface area (Å²) in [6.07, 6.45) is 3.39. The van der Waals surface area contributed by atoms with Crippen LogP contribution in [-0.4, -0.2) is 24.3 Å². The highest BCUT2D eigenvalue weighted by atomic mass is 35.5. The van der Waals surface area contributed by atoms with Crippen LogP contribution in [0.2, 0.25) is 5.15 Å². The molecule has 5 rings (SSSR count). The molecule has 3 N–H and O–H groups in total. The third kappa shape index (κ3) is 3.57. The van der Waals surface area contributed by atoms with Crippen molar-refractivity contribution >= 4 is 40.0 Å². The minimum Gasteiger partial charge on any atom is -0.399 e. The van der Waals surface area contributed by atoms with Gasteiger partial charge in [0.1, 0.15) is 0 Å². The van der Waals surface area contributed by atoms with E-state index in [1.54, 1.807) is 53.0 Å². The number of pyridine rings is 1. The Hall–Kier alpha value is -4.17. The number of aromatic nitrogens is 5. The molecule has 0 radical (unpaired) electrons. The van der Waals surface area contributed by atoms with Crippen LogP contribution in [0.5, 0.6) is 0 Å². The van der Waals surface area contributed by atoms with Crippen LogP contribution in [0.3, 0.4) is 0 Å². The monoisotopic (exact) mass is 443 g/mol. The van der Waals surface area contributed by atoms with Crippen molar-refractivity contribution in [1.29, 1.82) is 0 Å². The molecule has 8 nitrogen and oxygen atoms in total. The van der Waals surface area contributed by atoms with Crippen LogP contribution in [-0.2, 0) is 7.05 Å². The molecule has 0 aliphatic carbocycles. The quantitative estimate of drug-likeness (QED) is 0.404. The molecule has 9 heteroatoms. The first-order chi connectivity index (χ1) is 15.5. The van der Waals surface area contributed by atoms with Crippen molar-refractivity contribution in [2.45, 2.75) is 0 Å². The van der Waals surface area contributed by atoms with E-state index in [0.29, 0.717) is 38.8 Å². The topological polar surface area (TPSA) is 104 Å². The number of anilines is 3. The number of hydrogen-bond donors (Lipinski definition) is 2. The number of halogens is 1. The van der Waals surface area contributed by atoms with E-state index in [2.05, 4.69) is 20.4 Å². The third-order valence-electron chi connectivity index (χ3n) is 4.98. The molecule has 0 atom stereocenters. The summed E-state index contributed by atoms with van der Waals surface area (Å²) in [7, 11) is 1.76. The van der Waals surface area contributed by atoms with Gasteiger partial charge in [-0.1, -0.05) is 48.0 Å². The zero-order valence-electron chi connectivity index (χ0n) is 17.0. The average Bonchev–Trinajstić information content (AvgIpc) is 3.10. The zero-order valence-corrected chi connectivity index (χ0v) is 17.8. The number of fused-ring (bicyclic) bond motifs is 1. The van der Waals surface area contributed by atoms with Crippen molar-refractivity contribution in [3.8, 4) is 16.8 Å². The van der Waals surface area contributed by atoms with Crippen LogP contribution in [0.4, 0.5) is 17.3 Å². The molecule has 0 fully saturated rings. The smallest absolute Gasteiger partial charge is 0.264 e. The first-order valence-electron chi connectivity index (χ1n) is 9.80. The highest BCUT2D eigenvalue weighted by Crippen LogP contribution is 2.26. The Morgan fingerprint density at radius 3 is 2.59 bits per heavy atom. The normalized spacial score (nSPS) is 11.1. The highest BCUT2D eigenvalue weighted by molar-refractivity contribution is 6.32. The summed E-state index contributed by atoms with van der Waals surface area (Å²) in [5.41, 5.74) is 9.31. The summed E-state index contributed by atoms with van der Waals surface area (Å²) in [5, 5.41) is 8.16. The molecule has 5 aromatic rings. The van der Waals surface area contributed by atoms with E-state index in [4.69, 9.17) is 17.3 Å². The number of aryl methyl sites for hydroxylation is 1. The molecular weight excluding hydrogens is 426 g/mol. The van der Waals surface area contributed by atoms with Crippen LogP contribution in [0.25, 0.3) is 27.8 Å². The Morgan fingerprint density at radius 2 is 1.88 bits per heavy atom. The third-order valence-corrected chi connectivity index (χ3v) is 5.26. The maximum absolute atomic E-state index is 13.6. The van der Waals surface area contributed by atoms with Crippen molar-refractivity contribution in [3.05, 3.63) is 88.6 Å². The minimum atomic E-state index is -0.210. The second-order valence-corrected chi connectivity index (χ2v) is 7.62. The van der Waals surface area contributed by atoms with Gasteiger partial charge in [-0.25, -0.2) is 4.98 Å². The standard InChI is InChI=1S/C23H18ClN7O/c1-30-13-19(20(24)29-30)27-23-26-12-15-10-18(14-6-3-2-4-7-14)22(32)31(21(15)28-23)17-9-5-8-16(25)11-17/h2-13H,25H2,1H3,(H,26,27,28). The van der Waals surface area contributed by atoms with Gasteiger partial charge in [-0.2, -0.15) is 10.1 Å². The van der Waals surface area contributed by atoms with Gasteiger partial charge in [-0.15, -0.1) is 0 Å². The first-order valence-corrected chi connectivity index (χ1v) is 10.2. The summed E-state index contributed by atoms with van der Waals surface area (Å²) in [5.74, 6) is 0.289. The maximum atomic E-state index is 13.6. The van der Waals surface area contributed by atoms with Gasteiger partial charge in [0.15, 0.2) is 10.8 Å². The summed E-state index contributed by atoms with van der Waals surface area (Å²) in [4.78, 5) is 22.7. The molecular formula is C23H18ClN7O. The van der Waals surface area contributed by atoms with Crippen molar-refractivity contribution < 1.29 is 0 Å². The van der Waals surface area contributed by atoms with Crippen molar-refractivity contribution in [2.24, 2.45) is 7.05 Å². The predicted octanol–water partition coefficient (Wildman–Crippen LogP) is 4.16. The lowest BCUT2D eigenvalue weighted by Gasteiger charge is -2.14. The van der Waals surface area contributed by atoms with E-state index in [1.165, 1.54) is 0 Å². The van der Waals surface area contributed by atoms with Gasteiger partial charge in [0.05, 0.1) is 11.4 Å². The number of nitrogens with one attached hydrogen (secondary N) is 1. The van der Waals surface area contributed by atoms with E-state index >= 15 is 0 Å². The fraction of sp³-hybridized carbons (Fsp3) is 0.0435. The van der Waals surface area contributed by atoms with Crippen LogP contribution in [0, 0.1) is 0 Å². The predicted molar refractivity (Wildman–Crippen MR) is 126 cm³/mol. The number of benzene rings is 2. The molecule has 0 amide bonds. The van der Waals surface area contributed by atoms with Gasteiger partial charge < -0.3 is 11.1 Å². The fourth-order valence-corrected chi connectivity index (χ4v) is 3.77.